The average Bonchev–Trinajstić information content (AvgIpc) is 2.68. The summed E-state index contributed by atoms with van der Waals surface area (Å²) >= 11 is 0. The number of likely N-dealkylation sites (tertiary alicyclic amines) is 2. The van der Waals surface area contributed by atoms with Gasteiger partial charge in [0.1, 0.15) is 0 Å². The van der Waals surface area contributed by atoms with Gasteiger partial charge >= 0.3 is 0 Å². The number of amides is 2. The molecule has 3 aliphatic carbocycles. The van der Waals surface area contributed by atoms with Crippen LogP contribution >= 0.6 is 0 Å². The largest absolute Gasteiger partial charge is 0.342 e. The summed E-state index contributed by atoms with van der Waals surface area (Å²) in [5.74, 6) is 1.54. The fourth-order valence-corrected chi connectivity index (χ4v) is 5.81. The summed E-state index contributed by atoms with van der Waals surface area (Å²) in [6, 6.07) is 0. The monoisotopic (exact) mass is 332 g/mol. The number of rotatable bonds is 2. The fraction of sp³-hybridized carbons (Fsp3) is 0.900. The molecule has 2 saturated heterocycles. The van der Waals surface area contributed by atoms with Crippen LogP contribution in [-0.2, 0) is 9.59 Å². The van der Waals surface area contributed by atoms with Gasteiger partial charge in [0, 0.05) is 26.2 Å². The van der Waals surface area contributed by atoms with Gasteiger partial charge in [0.15, 0.2) is 0 Å². The third kappa shape index (κ3) is 2.97. The van der Waals surface area contributed by atoms with Gasteiger partial charge in [-0.25, -0.2) is 0 Å². The van der Waals surface area contributed by atoms with Crippen molar-refractivity contribution in [3.8, 4) is 0 Å². The third-order valence-corrected chi connectivity index (χ3v) is 7.12. The van der Waals surface area contributed by atoms with E-state index in [1.165, 1.54) is 38.5 Å². The molecule has 5 rings (SSSR count). The molecule has 134 valence electrons. The Bertz CT molecular complexity index is 428. The maximum absolute atomic E-state index is 13.3. The molecule has 2 atom stereocenters. The Labute approximate surface area is 145 Å². The number of piperidine rings is 2. The lowest BCUT2D eigenvalue weighted by Gasteiger charge is -2.49. The summed E-state index contributed by atoms with van der Waals surface area (Å²) in [5.41, 5.74) is 0. The molecular formula is C20H32N2O2. The number of fused-ring (bicyclic) bond motifs is 3. The highest BCUT2D eigenvalue weighted by atomic mass is 16.2. The maximum atomic E-state index is 13.3. The van der Waals surface area contributed by atoms with Gasteiger partial charge in [-0.3, -0.25) is 9.59 Å². The molecule has 0 N–H and O–H groups in total. The van der Waals surface area contributed by atoms with Crippen molar-refractivity contribution >= 4 is 11.8 Å². The van der Waals surface area contributed by atoms with Gasteiger partial charge < -0.3 is 9.80 Å². The minimum Gasteiger partial charge on any atom is -0.342 e. The molecule has 3 saturated carbocycles. The minimum atomic E-state index is -0.00923. The lowest BCUT2D eigenvalue weighted by atomic mass is 9.57. The SMILES string of the molecule is O=C([C@H]1C2CCC(CC2)[C@@H]1C(=O)N1CCCCC1)N1CCCCC1. The smallest absolute Gasteiger partial charge is 0.226 e. The lowest BCUT2D eigenvalue weighted by Crippen LogP contribution is -2.55. The highest BCUT2D eigenvalue weighted by molar-refractivity contribution is 5.89. The average molecular weight is 332 g/mol. The van der Waals surface area contributed by atoms with Crippen LogP contribution in [0.5, 0.6) is 0 Å². The summed E-state index contributed by atoms with van der Waals surface area (Å²) in [6.45, 7) is 3.66. The Balaban J connectivity index is 1.54. The molecule has 4 heteroatoms. The van der Waals surface area contributed by atoms with Gasteiger partial charge in [0.2, 0.25) is 11.8 Å². The van der Waals surface area contributed by atoms with E-state index in [-0.39, 0.29) is 11.8 Å². The molecule has 0 aromatic heterocycles. The molecule has 5 fully saturated rings. The molecule has 5 aliphatic rings. The molecule has 2 bridgehead atoms. The maximum Gasteiger partial charge on any atom is 0.226 e. The Morgan fingerprint density at radius 1 is 0.542 bits per heavy atom. The van der Waals surface area contributed by atoms with Gasteiger partial charge in [0.25, 0.3) is 0 Å². The van der Waals surface area contributed by atoms with Crippen molar-refractivity contribution in [2.75, 3.05) is 26.2 Å². The van der Waals surface area contributed by atoms with Crippen molar-refractivity contribution in [3.63, 3.8) is 0 Å². The van der Waals surface area contributed by atoms with Crippen molar-refractivity contribution in [1.29, 1.82) is 0 Å². The quantitative estimate of drug-likeness (QED) is 0.780. The minimum absolute atomic E-state index is 0.00923. The fourth-order valence-electron chi connectivity index (χ4n) is 5.81. The van der Waals surface area contributed by atoms with E-state index in [0.717, 1.165) is 51.9 Å². The van der Waals surface area contributed by atoms with Crippen molar-refractivity contribution in [2.45, 2.75) is 64.2 Å². The van der Waals surface area contributed by atoms with Crippen molar-refractivity contribution in [3.05, 3.63) is 0 Å². The Morgan fingerprint density at radius 3 is 1.21 bits per heavy atom. The molecule has 0 radical (unpaired) electrons. The molecule has 0 aromatic carbocycles. The van der Waals surface area contributed by atoms with Crippen LogP contribution in [0.1, 0.15) is 64.2 Å². The van der Waals surface area contributed by atoms with Crippen LogP contribution in [0.3, 0.4) is 0 Å². The predicted molar refractivity (Wildman–Crippen MR) is 93.3 cm³/mol. The van der Waals surface area contributed by atoms with Gasteiger partial charge in [0.05, 0.1) is 11.8 Å². The van der Waals surface area contributed by atoms with Crippen molar-refractivity contribution in [1.82, 2.24) is 9.80 Å². The second-order valence-corrected chi connectivity index (χ2v) is 8.50. The molecular weight excluding hydrogens is 300 g/mol. The predicted octanol–water partition coefficient (Wildman–Crippen LogP) is 3.06. The summed E-state index contributed by atoms with van der Waals surface area (Å²) in [5, 5.41) is 0. The Kier molecular flexibility index (Phi) is 4.82. The third-order valence-electron chi connectivity index (χ3n) is 7.12. The van der Waals surface area contributed by atoms with Gasteiger partial charge in [-0.15, -0.1) is 0 Å². The Hall–Kier alpha value is -1.06. The molecule has 2 heterocycles. The summed E-state index contributed by atoms with van der Waals surface area (Å²) in [4.78, 5) is 30.8. The van der Waals surface area contributed by atoms with E-state index in [4.69, 9.17) is 0 Å². The van der Waals surface area contributed by atoms with Crippen molar-refractivity contribution < 1.29 is 9.59 Å². The van der Waals surface area contributed by atoms with Gasteiger partial charge in [-0.2, -0.15) is 0 Å². The van der Waals surface area contributed by atoms with Crippen LogP contribution in [0.4, 0.5) is 0 Å². The first-order chi connectivity index (χ1) is 11.8. The molecule has 4 nitrogen and oxygen atoms in total. The number of hydrogen-bond acceptors (Lipinski definition) is 2. The highest BCUT2D eigenvalue weighted by Gasteiger charge is 2.52. The first kappa shape index (κ1) is 16.4. The zero-order valence-electron chi connectivity index (χ0n) is 14.9. The van der Waals surface area contributed by atoms with Crippen LogP contribution in [0.2, 0.25) is 0 Å². The molecule has 0 spiro atoms. The summed E-state index contributed by atoms with van der Waals surface area (Å²) < 4.78 is 0. The Morgan fingerprint density at radius 2 is 0.875 bits per heavy atom. The van der Waals surface area contributed by atoms with E-state index in [1.54, 1.807) is 0 Å². The van der Waals surface area contributed by atoms with E-state index in [2.05, 4.69) is 9.80 Å². The topological polar surface area (TPSA) is 40.6 Å². The number of nitrogens with zero attached hydrogens (tertiary/aromatic N) is 2. The first-order valence-corrected chi connectivity index (χ1v) is 10.3. The van der Waals surface area contributed by atoms with E-state index in [9.17, 15) is 9.59 Å². The molecule has 2 aliphatic heterocycles. The molecule has 24 heavy (non-hydrogen) atoms. The van der Waals surface area contributed by atoms with Crippen molar-refractivity contribution in [2.24, 2.45) is 23.7 Å². The van der Waals surface area contributed by atoms with Gasteiger partial charge in [-0.1, -0.05) is 0 Å². The highest BCUT2D eigenvalue weighted by Crippen LogP contribution is 2.50. The van der Waals surface area contributed by atoms with Crippen LogP contribution in [0.25, 0.3) is 0 Å². The van der Waals surface area contributed by atoms with Crippen LogP contribution in [0, 0.1) is 23.7 Å². The van der Waals surface area contributed by atoms with Crippen LogP contribution < -0.4 is 0 Å². The molecule has 0 unspecified atom stereocenters. The zero-order valence-corrected chi connectivity index (χ0v) is 14.9. The first-order valence-electron chi connectivity index (χ1n) is 10.3. The zero-order chi connectivity index (χ0) is 16.5. The second kappa shape index (κ2) is 7.05. The second-order valence-electron chi connectivity index (χ2n) is 8.50. The van der Waals surface area contributed by atoms with Crippen LogP contribution in [-0.4, -0.2) is 47.8 Å². The number of hydrogen-bond donors (Lipinski definition) is 0. The van der Waals surface area contributed by atoms with E-state index in [0.29, 0.717) is 23.7 Å². The molecule has 2 amide bonds. The van der Waals surface area contributed by atoms with E-state index >= 15 is 0 Å². The summed E-state index contributed by atoms with van der Waals surface area (Å²) in [6.07, 6.45) is 11.7. The molecule has 0 aromatic rings. The van der Waals surface area contributed by atoms with E-state index in [1.807, 2.05) is 0 Å². The van der Waals surface area contributed by atoms with Crippen LogP contribution in [0.15, 0.2) is 0 Å². The normalized spacial score (nSPS) is 36.7. The van der Waals surface area contributed by atoms with Gasteiger partial charge in [-0.05, 0) is 76.0 Å². The number of carbonyl (C=O) groups excluding carboxylic acids is 2. The lowest BCUT2D eigenvalue weighted by molar-refractivity contribution is -0.159. The van der Waals surface area contributed by atoms with E-state index < -0.39 is 0 Å². The number of carbonyl (C=O) groups is 2. The standard InChI is InChI=1S/C20H32N2O2/c23-19(21-11-3-1-4-12-21)17-15-7-9-16(10-8-15)18(17)20(24)22-13-5-2-6-14-22/h15-18H,1-14H2/t15?,16?,17-,18-/m0/s1. The summed E-state index contributed by atoms with van der Waals surface area (Å²) in [7, 11) is 0.